The molecular formula is C14H13N5. The molecule has 19 heavy (non-hydrogen) atoms. The Morgan fingerprint density at radius 1 is 1.05 bits per heavy atom. The fourth-order valence-corrected chi connectivity index (χ4v) is 1.92. The van der Waals surface area contributed by atoms with Gasteiger partial charge in [0.25, 0.3) is 0 Å². The maximum absolute atomic E-state index is 5.99. The van der Waals surface area contributed by atoms with Gasteiger partial charge in [-0.25, -0.2) is 4.98 Å². The molecule has 0 saturated carbocycles. The van der Waals surface area contributed by atoms with Gasteiger partial charge in [0.05, 0.1) is 30.1 Å². The average molecular weight is 251 g/mol. The van der Waals surface area contributed by atoms with E-state index in [2.05, 4.69) is 15.0 Å². The Balaban J connectivity index is 2.13. The highest BCUT2D eigenvalue weighted by molar-refractivity contribution is 5.73. The van der Waals surface area contributed by atoms with Crippen LogP contribution in [0.5, 0.6) is 0 Å². The van der Waals surface area contributed by atoms with Gasteiger partial charge in [0.2, 0.25) is 0 Å². The van der Waals surface area contributed by atoms with Crippen molar-refractivity contribution in [3.8, 4) is 16.9 Å². The molecule has 0 amide bonds. The zero-order valence-electron chi connectivity index (χ0n) is 10.5. The molecule has 3 rings (SSSR count). The molecule has 0 spiro atoms. The van der Waals surface area contributed by atoms with Crippen molar-refractivity contribution in [1.82, 2.24) is 19.5 Å². The molecule has 94 valence electrons. The number of nitrogens with zero attached hydrogens (tertiary/aromatic N) is 4. The SMILES string of the molecule is Cc1ccc(-n2cncc2-c2cnccc2N)cn1. The van der Waals surface area contributed by atoms with Crippen LogP contribution in [0, 0.1) is 6.92 Å². The molecule has 3 heterocycles. The fourth-order valence-electron chi connectivity index (χ4n) is 1.92. The molecule has 0 unspecified atom stereocenters. The van der Waals surface area contributed by atoms with Crippen LogP contribution in [0.3, 0.4) is 0 Å². The molecule has 0 fully saturated rings. The molecule has 0 atom stereocenters. The predicted octanol–water partition coefficient (Wildman–Crippen LogP) is 2.22. The average Bonchev–Trinajstić information content (AvgIpc) is 2.89. The van der Waals surface area contributed by atoms with Gasteiger partial charge in [-0.05, 0) is 25.1 Å². The van der Waals surface area contributed by atoms with Gasteiger partial charge in [0, 0.05) is 29.3 Å². The lowest BCUT2D eigenvalue weighted by atomic mass is 10.2. The molecule has 3 aromatic rings. The largest absolute Gasteiger partial charge is 0.398 e. The molecule has 5 heteroatoms. The van der Waals surface area contributed by atoms with Gasteiger partial charge in [0.1, 0.15) is 0 Å². The molecule has 0 aromatic carbocycles. The van der Waals surface area contributed by atoms with Gasteiger partial charge in [0.15, 0.2) is 0 Å². The summed E-state index contributed by atoms with van der Waals surface area (Å²) < 4.78 is 1.94. The summed E-state index contributed by atoms with van der Waals surface area (Å²) in [6, 6.07) is 5.74. The van der Waals surface area contributed by atoms with Crippen molar-refractivity contribution in [2.24, 2.45) is 0 Å². The van der Waals surface area contributed by atoms with Crippen LogP contribution in [0.15, 0.2) is 49.3 Å². The zero-order chi connectivity index (χ0) is 13.2. The number of aryl methyl sites for hydroxylation is 1. The lowest BCUT2D eigenvalue weighted by Gasteiger charge is -2.09. The normalized spacial score (nSPS) is 10.6. The van der Waals surface area contributed by atoms with Crippen LogP contribution in [0.4, 0.5) is 5.69 Å². The molecule has 0 aliphatic heterocycles. The molecule has 0 aliphatic carbocycles. The second-order valence-electron chi connectivity index (χ2n) is 4.27. The molecule has 0 bridgehead atoms. The Morgan fingerprint density at radius 2 is 1.95 bits per heavy atom. The molecule has 2 N–H and O–H groups in total. The van der Waals surface area contributed by atoms with Gasteiger partial charge in [-0.2, -0.15) is 0 Å². The number of nitrogen functional groups attached to an aromatic ring is 1. The van der Waals surface area contributed by atoms with E-state index in [4.69, 9.17) is 5.73 Å². The summed E-state index contributed by atoms with van der Waals surface area (Å²) in [6.07, 6.45) is 8.74. The molecule has 0 saturated heterocycles. The lowest BCUT2D eigenvalue weighted by molar-refractivity contribution is 1.03. The number of anilines is 1. The van der Waals surface area contributed by atoms with Crippen molar-refractivity contribution in [3.05, 3.63) is 55.0 Å². The van der Waals surface area contributed by atoms with Gasteiger partial charge in [-0.1, -0.05) is 0 Å². The van der Waals surface area contributed by atoms with Gasteiger partial charge in [-0.3, -0.25) is 14.5 Å². The Morgan fingerprint density at radius 3 is 2.68 bits per heavy atom. The number of hydrogen-bond donors (Lipinski definition) is 1. The van der Waals surface area contributed by atoms with E-state index in [-0.39, 0.29) is 0 Å². The van der Waals surface area contributed by atoms with Gasteiger partial charge in [-0.15, -0.1) is 0 Å². The monoisotopic (exact) mass is 251 g/mol. The molecule has 3 aromatic heterocycles. The van der Waals surface area contributed by atoms with Crippen molar-refractivity contribution in [2.45, 2.75) is 6.92 Å². The van der Waals surface area contributed by atoms with E-state index in [0.717, 1.165) is 22.6 Å². The molecule has 0 radical (unpaired) electrons. The number of rotatable bonds is 2. The Bertz CT molecular complexity index is 700. The topological polar surface area (TPSA) is 69.6 Å². The second kappa shape index (κ2) is 4.53. The molecule has 0 aliphatic rings. The van der Waals surface area contributed by atoms with Crippen molar-refractivity contribution in [3.63, 3.8) is 0 Å². The smallest absolute Gasteiger partial charge is 0.0997 e. The summed E-state index contributed by atoms with van der Waals surface area (Å²) in [5.74, 6) is 0. The summed E-state index contributed by atoms with van der Waals surface area (Å²) in [4.78, 5) is 12.6. The van der Waals surface area contributed by atoms with E-state index in [0.29, 0.717) is 5.69 Å². The predicted molar refractivity (Wildman–Crippen MR) is 73.7 cm³/mol. The summed E-state index contributed by atoms with van der Waals surface area (Å²) in [6.45, 7) is 1.96. The van der Waals surface area contributed by atoms with Crippen LogP contribution in [0.2, 0.25) is 0 Å². The summed E-state index contributed by atoms with van der Waals surface area (Å²) in [5.41, 5.74) is 10.3. The van der Waals surface area contributed by atoms with Crippen LogP contribution in [0.25, 0.3) is 16.9 Å². The Hall–Kier alpha value is -2.69. The van der Waals surface area contributed by atoms with E-state index >= 15 is 0 Å². The van der Waals surface area contributed by atoms with E-state index in [9.17, 15) is 0 Å². The van der Waals surface area contributed by atoms with Crippen molar-refractivity contribution in [1.29, 1.82) is 0 Å². The van der Waals surface area contributed by atoms with Crippen molar-refractivity contribution < 1.29 is 0 Å². The highest BCUT2D eigenvalue weighted by atomic mass is 15.1. The zero-order valence-corrected chi connectivity index (χ0v) is 10.5. The number of hydrogen-bond acceptors (Lipinski definition) is 4. The third kappa shape index (κ3) is 2.06. The molecular weight excluding hydrogens is 238 g/mol. The Kier molecular flexibility index (Phi) is 2.72. The first-order chi connectivity index (χ1) is 9.25. The van der Waals surface area contributed by atoms with Crippen molar-refractivity contribution >= 4 is 5.69 Å². The minimum absolute atomic E-state index is 0.678. The quantitative estimate of drug-likeness (QED) is 0.758. The van der Waals surface area contributed by atoms with Gasteiger partial charge < -0.3 is 5.73 Å². The van der Waals surface area contributed by atoms with Crippen LogP contribution >= 0.6 is 0 Å². The third-order valence-electron chi connectivity index (χ3n) is 2.94. The number of nitrogens with two attached hydrogens (primary N) is 1. The first kappa shape index (κ1) is 11.4. The van der Waals surface area contributed by atoms with E-state index < -0.39 is 0 Å². The molecule has 5 nitrogen and oxygen atoms in total. The van der Waals surface area contributed by atoms with Crippen LogP contribution < -0.4 is 5.73 Å². The minimum atomic E-state index is 0.678. The van der Waals surface area contributed by atoms with E-state index in [1.165, 1.54) is 0 Å². The summed E-state index contributed by atoms with van der Waals surface area (Å²) >= 11 is 0. The highest BCUT2D eigenvalue weighted by Gasteiger charge is 2.10. The summed E-state index contributed by atoms with van der Waals surface area (Å²) in [5, 5.41) is 0. The van der Waals surface area contributed by atoms with Crippen LogP contribution in [-0.2, 0) is 0 Å². The summed E-state index contributed by atoms with van der Waals surface area (Å²) in [7, 11) is 0. The van der Waals surface area contributed by atoms with E-state index in [1.54, 1.807) is 31.0 Å². The number of imidazole rings is 1. The minimum Gasteiger partial charge on any atom is -0.398 e. The van der Waals surface area contributed by atoms with Crippen LogP contribution in [-0.4, -0.2) is 19.5 Å². The number of aromatic nitrogens is 4. The van der Waals surface area contributed by atoms with Gasteiger partial charge >= 0.3 is 0 Å². The second-order valence-corrected chi connectivity index (χ2v) is 4.27. The van der Waals surface area contributed by atoms with E-state index in [1.807, 2.05) is 29.8 Å². The third-order valence-corrected chi connectivity index (χ3v) is 2.94. The van der Waals surface area contributed by atoms with Crippen LogP contribution in [0.1, 0.15) is 5.69 Å². The first-order valence-corrected chi connectivity index (χ1v) is 5.91. The number of pyridine rings is 2. The van der Waals surface area contributed by atoms with Crippen molar-refractivity contribution in [2.75, 3.05) is 5.73 Å². The first-order valence-electron chi connectivity index (χ1n) is 5.91. The Labute approximate surface area is 110 Å². The maximum Gasteiger partial charge on any atom is 0.0997 e. The maximum atomic E-state index is 5.99. The highest BCUT2D eigenvalue weighted by Crippen LogP contribution is 2.26. The fraction of sp³-hybridized carbons (Fsp3) is 0.0714. The lowest BCUT2D eigenvalue weighted by Crippen LogP contribution is -1.99. The standard InChI is InChI=1S/C14H13N5/c1-10-2-3-11(6-18-10)19-9-17-8-14(19)12-7-16-5-4-13(12)15/h2-9H,1H3,(H2,15,16).